The molecule has 0 aliphatic heterocycles. The minimum atomic E-state index is -3.02. The number of hydrogen-bond donors (Lipinski definition) is 1. The predicted octanol–water partition coefficient (Wildman–Crippen LogP) is -7.49. The Balaban J connectivity index is -0.00000242. The molecular weight excluding hydrogens is 350 g/mol. The van der Waals surface area contributed by atoms with Crippen LogP contribution in [0, 0.1) is 5.92 Å². The first-order chi connectivity index (χ1) is 10.8. The average Bonchev–Trinajstić information content (AvgIpc) is 2.44. The Morgan fingerprint density at radius 1 is 0.880 bits per heavy atom. The number of carboxylic acids is 3. The van der Waals surface area contributed by atoms with Crippen molar-refractivity contribution in [2.45, 2.75) is 76.7 Å². The largest absolute Gasteiger partial charge is 1.00 e. The van der Waals surface area contributed by atoms with Gasteiger partial charge in [0.1, 0.15) is 5.60 Å². The third-order valence-electron chi connectivity index (χ3n) is 3.97. The molecule has 0 amide bonds. The Morgan fingerprint density at radius 2 is 1.32 bits per heavy atom. The molecule has 9 heteroatoms. The van der Waals surface area contributed by atoms with Crippen LogP contribution in [0.5, 0.6) is 0 Å². The molecule has 7 nitrogen and oxygen atoms in total. The molecule has 0 aromatic rings. The van der Waals surface area contributed by atoms with E-state index in [-0.39, 0.29) is 65.5 Å². The van der Waals surface area contributed by atoms with Crippen LogP contribution in [-0.4, -0.2) is 28.6 Å². The molecule has 0 aromatic carbocycles. The van der Waals surface area contributed by atoms with Gasteiger partial charge >= 0.3 is 59.1 Å². The van der Waals surface area contributed by atoms with E-state index in [0.29, 0.717) is 12.8 Å². The minimum Gasteiger partial charge on any atom is -0.550 e. The van der Waals surface area contributed by atoms with Gasteiger partial charge in [0.15, 0.2) is 0 Å². The maximum absolute atomic E-state index is 11.1. The van der Waals surface area contributed by atoms with E-state index in [0.717, 1.165) is 32.1 Å². The second-order valence-corrected chi connectivity index (χ2v) is 5.90. The average molecular weight is 375 g/mol. The van der Waals surface area contributed by atoms with Gasteiger partial charge < -0.3 is 34.8 Å². The zero-order valence-electron chi connectivity index (χ0n) is 15.5. The minimum absolute atomic E-state index is 0. The van der Waals surface area contributed by atoms with Crippen molar-refractivity contribution in [3.05, 3.63) is 0 Å². The van der Waals surface area contributed by atoms with Crippen molar-refractivity contribution in [1.82, 2.24) is 0 Å². The van der Waals surface area contributed by atoms with Crippen molar-refractivity contribution in [2.24, 2.45) is 5.92 Å². The van der Waals surface area contributed by atoms with Gasteiger partial charge in [0, 0.05) is 24.3 Å². The van der Waals surface area contributed by atoms with E-state index in [1.54, 1.807) is 0 Å². The van der Waals surface area contributed by atoms with Crippen LogP contribution in [0.3, 0.4) is 0 Å². The third kappa shape index (κ3) is 12.4. The normalized spacial score (nSPS) is 13.7. The Hall–Kier alpha value is 0.370. The van der Waals surface area contributed by atoms with Gasteiger partial charge in [-0.15, -0.1) is 0 Å². The smallest absolute Gasteiger partial charge is 0.550 e. The second kappa shape index (κ2) is 16.5. The number of carboxylic acid groups (broad SMARTS) is 3. The molecule has 2 unspecified atom stereocenters. The quantitative estimate of drug-likeness (QED) is 0.235. The number of unbranched alkanes of at least 4 members (excludes halogenated alkanes) is 7. The van der Waals surface area contributed by atoms with Crippen molar-refractivity contribution in [3.8, 4) is 0 Å². The van der Waals surface area contributed by atoms with Gasteiger partial charge in [0.05, 0.1) is 5.97 Å². The molecule has 0 heterocycles. The first kappa shape index (κ1) is 30.1. The Kier molecular flexibility index (Phi) is 19.9. The van der Waals surface area contributed by atoms with Crippen LogP contribution in [0.2, 0.25) is 0 Å². The molecule has 0 radical (unpaired) electrons. The number of aliphatic hydroxyl groups is 1. The summed E-state index contributed by atoms with van der Waals surface area (Å²) in [6.45, 7) is 2.12. The van der Waals surface area contributed by atoms with Gasteiger partial charge in [0.2, 0.25) is 0 Å². The first-order valence-corrected chi connectivity index (χ1v) is 8.10. The van der Waals surface area contributed by atoms with Crippen molar-refractivity contribution in [3.63, 3.8) is 0 Å². The summed E-state index contributed by atoms with van der Waals surface area (Å²) >= 11 is 0. The SMILES string of the molecule is CCCCCCCCCCC(C(=O)[O-])C(O)(CC(=O)[O-])C(=O)[O-].[Na+].[Na+]. The van der Waals surface area contributed by atoms with Crippen LogP contribution >= 0.6 is 0 Å². The standard InChI is InChI=1S/C16H28O7.2Na/c1-2-3-4-5-6-7-8-9-10-12(14(19)20)16(23,15(21)22)11-13(17)18;;/h12,23H,2-11H2,1H3,(H,17,18)(H,19,20)(H,21,22);;/q;2*+1/p-3. The van der Waals surface area contributed by atoms with E-state index in [2.05, 4.69) is 6.92 Å². The van der Waals surface area contributed by atoms with Crippen LogP contribution in [0.15, 0.2) is 0 Å². The molecule has 0 aliphatic rings. The molecule has 0 rings (SSSR count). The summed E-state index contributed by atoms with van der Waals surface area (Å²) in [5, 5.41) is 42.5. The number of hydrogen-bond acceptors (Lipinski definition) is 7. The number of aliphatic carboxylic acids is 3. The molecule has 0 aliphatic carbocycles. The van der Waals surface area contributed by atoms with Gasteiger partial charge in [-0.2, -0.15) is 0 Å². The summed E-state index contributed by atoms with van der Waals surface area (Å²) in [6.07, 6.45) is 5.93. The van der Waals surface area contributed by atoms with Crippen LogP contribution in [-0.2, 0) is 14.4 Å². The molecule has 0 aromatic heterocycles. The van der Waals surface area contributed by atoms with Gasteiger partial charge in [0.25, 0.3) is 0 Å². The molecular formula is C16H25Na2O7-. The van der Waals surface area contributed by atoms with E-state index < -0.39 is 35.8 Å². The Morgan fingerprint density at radius 3 is 1.68 bits per heavy atom. The van der Waals surface area contributed by atoms with Gasteiger partial charge in [-0.25, -0.2) is 0 Å². The molecule has 25 heavy (non-hydrogen) atoms. The molecule has 1 N–H and O–H groups in total. The number of rotatable bonds is 14. The van der Waals surface area contributed by atoms with E-state index in [1.165, 1.54) is 6.42 Å². The van der Waals surface area contributed by atoms with Crippen LogP contribution in [0.1, 0.15) is 71.1 Å². The maximum atomic E-state index is 11.1. The molecule has 134 valence electrons. The number of carbonyl (C=O) groups is 3. The fourth-order valence-corrected chi connectivity index (χ4v) is 2.59. The molecule has 0 saturated heterocycles. The molecule has 0 spiro atoms. The molecule has 0 saturated carbocycles. The van der Waals surface area contributed by atoms with E-state index >= 15 is 0 Å². The van der Waals surface area contributed by atoms with E-state index in [4.69, 9.17) is 0 Å². The molecule has 0 fully saturated rings. The van der Waals surface area contributed by atoms with E-state index in [1.807, 2.05) is 0 Å². The van der Waals surface area contributed by atoms with Crippen molar-refractivity contribution in [2.75, 3.05) is 0 Å². The third-order valence-corrected chi connectivity index (χ3v) is 3.97. The van der Waals surface area contributed by atoms with E-state index in [9.17, 15) is 34.8 Å². The number of carbonyl (C=O) groups excluding carboxylic acids is 3. The summed E-state index contributed by atoms with van der Waals surface area (Å²) in [6, 6.07) is 0. The van der Waals surface area contributed by atoms with Gasteiger partial charge in [-0.1, -0.05) is 58.3 Å². The van der Waals surface area contributed by atoms with Crippen molar-refractivity contribution >= 4 is 17.9 Å². The maximum Gasteiger partial charge on any atom is 1.00 e. The first-order valence-electron chi connectivity index (χ1n) is 8.10. The second-order valence-electron chi connectivity index (χ2n) is 5.90. The summed E-state index contributed by atoms with van der Waals surface area (Å²) in [5.41, 5.74) is -3.02. The Labute approximate surface area is 193 Å². The summed E-state index contributed by atoms with van der Waals surface area (Å²) < 4.78 is 0. The fraction of sp³-hybridized carbons (Fsp3) is 0.812. The Bertz CT molecular complexity index is 404. The molecule has 2 atom stereocenters. The molecule has 0 bridgehead atoms. The zero-order chi connectivity index (χ0) is 17.9. The predicted molar refractivity (Wildman–Crippen MR) is 75.3 cm³/mol. The van der Waals surface area contributed by atoms with Crippen LogP contribution in [0.25, 0.3) is 0 Å². The monoisotopic (exact) mass is 375 g/mol. The van der Waals surface area contributed by atoms with Gasteiger partial charge in [-0.3, -0.25) is 0 Å². The summed E-state index contributed by atoms with van der Waals surface area (Å²) in [7, 11) is 0. The topological polar surface area (TPSA) is 141 Å². The fourth-order valence-electron chi connectivity index (χ4n) is 2.59. The van der Waals surface area contributed by atoms with Crippen molar-refractivity contribution in [1.29, 1.82) is 0 Å². The summed E-state index contributed by atoms with van der Waals surface area (Å²) in [5.74, 6) is -7.65. The van der Waals surface area contributed by atoms with Crippen LogP contribution < -0.4 is 74.4 Å². The zero-order valence-corrected chi connectivity index (χ0v) is 19.5. The van der Waals surface area contributed by atoms with Gasteiger partial charge in [-0.05, 0) is 6.42 Å². The van der Waals surface area contributed by atoms with Crippen molar-refractivity contribution < 1.29 is 93.9 Å². The van der Waals surface area contributed by atoms with Crippen LogP contribution in [0.4, 0.5) is 0 Å². The summed E-state index contributed by atoms with van der Waals surface area (Å²) in [4.78, 5) is 32.7.